The van der Waals surface area contributed by atoms with Crippen molar-refractivity contribution in [1.82, 2.24) is 14.7 Å². The molecule has 1 heterocycles. The van der Waals surface area contributed by atoms with Crippen molar-refractivity contribution in [2.75, 3.05) is 5.32 Å². The average Bonchev–Trinajstić information content (AvgIpc) is 3.09. The molecule has 168 valence electrons. The van der Waals surface area contributed by atoms with Gasteiger partial charge in [0.05, 0.1) is 6.54 Å². The third kappa shape index (κ3) is 5.81. The molecule has 1 N–H and O–H groups in total. The minimum atomic E-state index is 0.610. The SMILES string of the molecule is Cc1c(NC(=S)N(Cc2ccccc2)Cc2ccccc2)nn(Cc2ccccc2Cl)c1C. The topological polar surface area (TPSA) is 33.1 Å². The lowest BCUT2D eigenvalue weighted by Gasteiger charge is -2.26. The van der Waals surface area contributed by atoms with Crippen LogP contribution in [0, 0.1) is 13.8 Å². The monoisotopic (exact) mass is 474 g/mol. The van der Waals surface area contributed by atoms with Crippen LogP contribution in [0.1, 0.15) is 27.9 Å². The Bertz CT molecular complexity index is 1180. The molecule has 0 spiro atoms. The fraction of sp³-hybridized carbons (Fsp3) is 0.185. The van der Waals surface area contributed by atoms with E-state index in [1.165, 1.54) is 11.1 Å². The number of thiocarbonyl (C=S) groups is 1. The Hall–Kier alpha value is -3.15. The zero-order chi connectivity index (χ0) is 23.2. The Morgan fingerprint density at radius 3 is 2.00 bits per heavy atom. The normalized spacial score (nSPS) is 10.8. The van der Waals surface area contributed by atoms with E-state index in [2.05, 4.69) is 72.6 Å². The molecule has 4 rings (SSSR count). The lowest BCUT2D eigenvalue weighted by atomic mass is 10.2. The van der Waals surface area contributed by atoms with Crippen molar-refractivity contribution in [3.05, 3.63) is 118 Å². The van der Waals surface area contributed by atoms with Crippen molar-refractivity contribution in [1.29, 1.82) is 0 Å². The molecule has 0 amide bonds. The summed E-state index contributed by atoms with van der Waals surface area (Å²) in [5, 5.41) is 9.61. The fourth-order valence-electron chi connectivity index (χ4n) is 3.68. The summed E-state index contributed by atoms with van der Waals surface area (Å²) in [6, 6.07) is 28.6. The van der Waals surface area contributed by atoms with E-state index in [-0.39, 0.29) is 0 Å². The second kappa shape index (κ2) is 10.6. The van der Waals surface area contributed by atoms with Crippen LogP contribution in [0.15, 0.2) is 84.9 Å². The zero-order valence-corrected chi connectivity index (χ0v) is 20.4. The summed E-state index contributed by atoms with van der Waals surface area (Å²) in [6.07, 6.45) is 0. The number of anilines is 1. The second-order valence-electron chi connectivity index (χ2n) is 8.07. The van der Waals surface area contributed by atoms with Crippen LogP contribution in [-0.4, -0.2) is 19.8 Å². The molecule has 0 bridgehead atoms. The number of benzene rings is 3. The molecular weight excluding hydrogens is 448 g/mol. The predicted molar refractivity (Wildman–Crippen MR) is 141 cm³/mol. The lowest BCUT2D eigenvalue weighted by Crippen LogP contribution is -2.34. The van der Waals surface area contributed by atoms with Crippen LogP contribution in [0.25, 0.3) is 0 Å². The van der Waals surface area contributed by atoms with Gasteiger partial charge in [-0.1, -0.05) is 90.5 Å². The van der Waals surface area contributed by atoms with Gasteiger partial charge in [-0.3, -0.25) is 4.68 Å². The Kier molecular flexibility index (Phi) is 7.43. The molecule has 4 aromatic rings. The molecule has 33 heavy (non-hydrogen) atoms. The standard InChI is InChI=1S/C27H27ClN4S/c1-20-21(2)32(19-24-15-9-10-16-25(24)28)30-26(20)29-27(33)31(17-22-11-5-3-6-12-22)18-23-13-7-4-8-14-23/h3-16H,17-19H2,1-2H3,(H,29,30,33). The summed E-state index contributed by atoms with van der Waals surface area (Å²) in [5.41, 5.74) is 5.60. The van der Waals surface area contributed by atoms with Crippen molar-refractivity contribution in [3.63, 3.8) is 0 Å². The van der Waals surface area contributed by atoms with Gasteiger partial charge in [-0.05, 0) is 48.8 Å². The molecule has 0 aliphatic rings. The molecule has 0 aliphatic carbocycles. The maximum atomic E-state index is 6.37. The highest BCUT2D eigenvalue weighted by molar-refractivity contribution is 7.80. The quantitative estimate of drug-likeness (QED) is 0.306. The third-order valence-corrected chi connectivity index (χ3v) is 6.46. The maximum Gasteiger partial charge on any atom is 0.175 e. The summed E-state index contributed by atoms with van der Waals surface area (Å²) < 4.78 is 1.97. The van der Waals surface area contributed by atoms with Crippen molar-refractivity contribution in [2.45, 2.75) is 33.5 Å². The van der Waals surface area contributed by atoms with Crippen LogP contribution in [0.5, 0.6) is 0 Å². The number of hydrogen-bond acceptors (Lipinski definition) is 2. The highest BCUT2D eigenvalue weighted by Crippen LogP contribution is 2.22. The number of rotatable bonds is 7. The van der Waals surface area contributed by atoms with Gasteiger partial charge in [0.2, 0.25) is 0 Å². The van der Waals surface area contributed by atoms with Gasteiger partial charge in [-0.15, -0.1) is 0 Å². The van der Waals surface area contributed by atoms with Gasteiger partial charge in [0.15, 0.2) is 10.9 Å². The van der Waals surface area contributed by atoms with Gasteiger partial charge < -0.3 is 10.2 Å². The van der Waals surface area contributed by atoms with E-state index >= 15 is 0 Å². The second-order valence-corrected chi connectivity index (χ2v) is 8.86. The highest BCUT2D eigenvalue weighted by Gasteiger charge is 2.17. The largest absolute Gasteiger partial charge is 0.340 e. The van der Waals surface area contributed by atoms with Gasteiger partial charge >= 0.3 is 0 Å². The van der Waals surface area contributed by atoms with E-state index in [1.807, 2.05) is 41.1 Å². The van der Waals surface area contributed by atoms with E-state index in [9.17, 15) is 0 Å². The first-order valence-corrected chi connectivity index (χ1v) is 11.7. The molecule has 6 heteroatoms. The minimum Gasteiger partial charge on any atom is -0.340 e. The van der Waals surface area contributed by atoms with E-state index in [0.29, 0.717) is 24.7 Å². The van der Waals surface area contributed by atoms with Crippen molar-refractivity contribution in [3.8, 4) is 0 Å². The Balaban J connectivity index is 1.55. The number of nitrogens with zero attached hydrogens (tertiary/aromatic N) is 3. The smallest absolute Gasteiger partial charge is 0.175 e. The molecule has 0 saturated carbocycles. The Morgan fingerprint density at radius 2 is 1.42 bits per heavy atom. The Labute approximate surface area is 205 Å². The third-order valence-electron chi connectivity index (χ3n) is 5.73. The molecule has 0 radical (unpaired) electrons. The number of halogens is 1. The van der Waals surface area contributed by atoms with E-state index < -0.39 is 0 Å². The summed E-state index contributed by atoms with van der Waals surface area (Å²) in [7, 11) is 0. The van der Waals surface area contributed by atoms with Gasteiger partial charge in [0.1, 0.15) is 0 Å². The molecule has 4 nitrogen and oxygen atoms in total. The molecule has 1 aromatic heterocycles. The first-order chi connectivity index (χ1) is 16.0. The fourth-order valence-corrected chi connectivity index (χ4v) is 4.11. The van der Waals surface area contributed by atoms with Crippen molar-refractivity contribution >= 4 is 34.7 Å². The predicted octanol–water partition coefficient (Wildman–Crippen LogP) is 6.60. The van der Waals surface area contributed by atoms with E-state index in [1.54, 1.807) is 0 Å². The highest BCUT2D eigenvalue weighted by atomic mass is 35.5. The number of hydrogen-bond donors (Lipinski definition) is 1. The van der Waals surface area contributed by atoms with Crippen molar-refractivity contribution < 1.29 is 0 Å². The molecule has 0 fully saturated rings. The summed E-state index contributed by atoms with van der Waals surface area (Å²) in [4.78, 5) is 2.17. The summed E-state index contributed by atoms with van der Waals surface area (Å²) in [6.45, 7) is 6.16. The number of nitrogens with one attached hydrogen (secondary N) is 1. The van der Waals surface area contributed by atoms with Crippen LogP contribution in [0.4, 0.5) is 5.82 Å². The van der Waals surface area contributed by atoms with E-state index in [4.69, 9.17) is 28.9 Å². The summed E-state index contributed by atoms with van der Waals surface area (Å²) >= 11 is 12.2. The Morgan fingerprint density at radius 1 is 0.879 bits per heavy atom. The molecule has 0 saturated heterocycles. The molecule has 3 aromatic carbocycles. The van der Waals surface area contributed by atoms with Gasteiger partial charge in [0.25, 0.3) is 0 Å². The van der Waals surface area contributed by atoms with Crippen LogP contribution < -0.4 is 5.32 Å². The van der Waals surface area contributed by atoms with Crippen LogP contribution in [0.3, 0.4) is 0 Å². The van der Waals surface area contributed by atoms with Crippen LogP contribution in [-0.2, 0) is 19.6 Å². The van der Waals surface area contributed by atoms with Crippen LogP contribution in [0.2, 0.25) is 5.02 Å². The minimum absolute atomic E-state index is 0.610. The molecular formula is C27H27ClN4S. The van der Waals surface area contributed by atoms with Crippen LogP contribution >= 0.6 is 23.8 Å². The summed E-state index contributed by atoms with van der Waals surface area (Å²) in [5.74, 6) is 0.774. The van der Waals surface area contributed by atoms with Gasteiger partial charge in [-0.25, -0.2) is 0 Å². The van der Waals surface area contributed by atoms with Gasteiger partial charge in [-0.2, -0.15) is 5.10 Å². The van der Waals surface area contributed by atoms with Gasteiger partial charge in [0, 0.05) is 29.4 Å². The molecule has 0 unspecified atom stereocenters. The molecule has 0 atom stereocenters. The molecule has 0 aliphatic heterocycles. The first kappa shape index (κ1) is 23.0. The lowest BCUT2D eigenvalue weighted by molar-refractivity contribution is 0.412. The maximum absolute atomic E-state index is 6.37. The average molecular weight is 475 g/mol. The van der Waals surface area contributed by atoms with E-state index in [0.717, 1.165) is 27.7 Å². The first-order valence-electron chi connectivity index (χ1n) is 10.9. The van der Waals surface area contributed by atoms with Crippen molar-refractivity contribution in [2.24, 2.45) is 0 Å². The zero-order valence-electron chi connectivity index (χ0n) is 18.8. The number of aromatic nitrogens is 2.